The molecule has 0 amide bonds. The molecule has 0 saturated carbocycles. The highest BCUT2D eigenvalue weighted by Crippen LogP contribution is 2.24. The maximum atomic E-state index is 12.7. The molecular formula is C18H18N2OS. The van der Waals surface area contributed by atoms with E-state index >= 15 is 0 Å². The molecule has 3 nitrogen and oxygen atoms in total. The van der Waals surface area contributed by atoms with Gasteiger partial charge in [-0.25, -0.2) is 0 Å². The summed E-state index contributed by atoms with van der Waals surface area (Å²) in [5.74, 6) is 0. The zero-order valence-corrected chi connectivity index (χ0v) is 12.9. The fourth-order valence-corrected chi connectivity index (χ4v) is 3.69. The average molecular weight is 310 g/mol. The van der Waals surface area contributed by atoms with Gasteiger partial charge in [-0.2, -0.15) is 0 Å². The number of hydrogen-bond donors (Lipinski definition) is 2. The van der Waals surface area contributed by atoms with Crippen LogP contribution in [0.1, 0.15) is 11.6 Å². The smallest absolute Gasteiger partial charge is 0.181 e. The van der Waals surface area contributed by atoms with Gasteiger partial charge >= 0.3 is 0 Å². The summed E-state index contributed by atoms with van der Waals surface area (Å²) in [6.07, 6.45) is 0. The van der Waals surface area contributed by atoms with Gasteiger partial charge < -0.3 is 10.3 Å². The summed E-state index contributed by atoms with van der Waals surface area (Å²) in [6.45, 7) is 0.389. The molecule has 0 aliphatic heterocycles. The van der Waals surface area contributed by atoms with Gasteiger partial charge in [0.1, 0.15) is 0 Å². The third-order valence-corrected chi connectivity index (χ3v) is 4.89. The van der Waals surface area contributed by atoms with E-state index in [0.29, 0.717) is 6.54 Å². The first kappa shape index (κ1) is 15.1. The Morgan fingerprint density at radius 2 is 1.59 bits per heavy atom. The fraction of sp³-hybridized carbons (Fsp3) is 0.111. The van der Waals surface area contributed by atoms with Crippen molar-refractivity contribution < 1.29 is 4.55 Å². The lowest BCUT2D eigenvalue weighted by molar-refractivity contribution is 0.558. The van der Waals surface area contributed by atoms with Gasteiger partial charge in [-0.1, -0.05) is 60.7 Å². The molecule has 112 valence electrons. The third kappa shape index (κ3) is 3.15. The van der Waals surface area contributed by atoms with Crippen LogP contribution in [-0.4, -0.2) is 11.1 Å². The normalized spacial score (nSPS) is 13.9. The summed E-state index contributed by atoms with van der Waals surface area (Å²) < 4.78 is 15.9. The Morgan fingerprint density at radius 3 is 2.36 bits per heavy atom. The van der Waals surface area contributed by atoms with Crippen molar-refractivity contribution in [2.24, 2.45) is 5.73 Å². The van der Waals surface area contributed by atoms with Gasteiger partial charge in [-0.3, -0.25) is 0 Å². The number of rotatable bonds is 5. The van der Waals surface area contributed by atoms with E-state index in [1.54, 1.807) is 0 Å². The molecule has 0 aromatic heterocycles. The van der Waals surface area contributed by atoms with Crippen LogP contribution in [0, 0.1) is 0 Å². The van der Waals surface area contributed by atoms with Crippen LogP contribution in [0.2, 0.25) is 0 Å². The minimum Gasteiger partial charge on any atom is -0.593 e. The zero-order chi connectivity index (χ0) is 15.4. The van der Waals surface area contributed by atoms with Crippen LogP contribution in [0.3, 0.4) is 0 Å². The molecule has 4 heteroatoms. The van der Waals surface area contributed by atoms with Gasteiger partial charge in [0, 0.05) is 11.9 Å². The lowest BCUT2D eigenvalue weighted by atomic mass is 10.1. The molecule has 0 spiro atoms. The Bertz CT molecular complexity index is 743. The minimum absolute atomic E-state index is 0.138. The Hall–Kier alpha value is -1.85. The Kier molecular flexibility index (Phi) is 4.75. The standard InChI is InChI=1S/C18H18N2OS/c19-13-17(15-8-2-1-3-9-15)20-22(21)18-12-6-10-14-7-4-5-11-16(14)18/h1-12,17,20H,13,19H2. The first-order valence-electron chi connectivity index (χ1n) is 7.20. The predicted molar refractivity (Wildman–Crippen MR) is 91.7 cm³/mol. The van der Waals surface area contributed by atoms with Crippen LogP contribution in [0.5, 0.6) is 0 Å². The average Bonchev–Trinajstić information content (AvgIpc) is 2.59. The van der Waals surface area contributed by atoms with E-state index in [-0.39, 0.29) is 6.04 Å². The summed E-state index contributed by atoms with van der Waals surface area (Å²) in [5, 5.41) is 2.08. The highest BCUT2D eigenvalue weighted by atomic mass is 32.2. The number of fused-ring (bicyclic) bond motifs is 1. The molecule has 3 rings (SSSR count). The summed E-state index contributed by atoms with van der Waals surface area (Å²) in [4.78, 5) is 0.785. The van der Waals surface area contributed by atoms with E-state index in [4.69, 9.17) is 5.73 Å². The first-order chi connectivity index (χ1) is 10.8. The molecular weight excluding hydrogens is 292 g/mol. The number of hydrogen-bond acceptors (Lipinski definition) is 3. The SMILES string of the molecule is NCC(N[S+]([O-])c1cccc2ccccc12)c1ccccc1. The van der Waals surface area contributed by atoms with E-state index in [1.807, 2.05) is 72.8 Å². The zero-order valence-electron chi connectivity index (χ0n) is 12.1. The van der Waals surface area contributed by atoms with Crippen molar-refractivity contribution in [2.75, 3.05) is 6.54 Å². The maximum Gasteiger partial charge on any atom is 0.181 e. The number of nitrogens with one attached hydrogen (secondary N) is 1. The molecule has 3 aromatic carbocycles. The lowest BCUT2D eigenvalue weighted by Crippen LogP contribution is -2.33. The van der Waals surface area contributed by atoms with Crippen molar-refractivity contribution in [2.45, 2.75) is 10.9 Å². The minimum atomic E-state index is -1.32. The van der Waals surface area contributed by atoms with E-state index in [9.17, 15) is 4.55 Å². The van der Waals surface area contributed by atoms with Crippen molar-refractivity contribution in [3.63, 3.8) is 0 Å². The van der Waals surface area contributed by atoms with Crippen LogP contribution < -0.4 is 10.5 Å². The Labute approximate surface area is 133 Å². The molecule has 0 radical (unpaired) electrons. The highest BCUT2D eigenvalue weighted by Gasteiger charge is 2.20. The second kappa shape index (κ2) is 6.94. The highest BCUT2D eigenvalue weighted by molar-refractivity contribution is 7.89. The van der Waals surface area contributed by atoms with Gasteiger partial charge in [-0.15, -0.1) is 4.72 Å². The van der Waals surface area contributed by atoms with Gasteiger partial charge in [0.25, 0.3) is 0 Å². The quantitative estimate of drug-likeness (QED) is 0.712. The molecule has 2 unspecified atom stereocenters. The molecule has 2 atom stereocenters. The summed E-state index contributed by atoms with van der Waals surface area (Å²) in [5.41, 5.74) is 6.89. The van der Waals surface area contributed by atoms with Crippen LogP contribution in [0.4, 0.5) is 0 Å². The molecule has 0 heterocycles. The van der Waals surface area contributed by atoms with E-state index in [2.05, 4.69) is 4.72 Å². The number of nitrogens with two attached hydrogens (primary N) is 1. The molecule has 0 saturated heterocycles. The first-order valence-corrected chi connectivity index (χ1v) is 8.35. The molecule has 0 aliphatic carbocycles. The van der Waals surface area contributed by atoms with Gasteiger partial charge in [0.05, 0.1) is 17.4 Å². The van der Waals surface area contributed by atoms with Crippen molar-refractivity contribution in [1.82, 2.24) is 4.72 Å². The Balaban J connectivity index is 1.88. The predicted octanol–water partition coefficient (Wildman–Crippen LogP) is 3.15. The molecule has 0 bridgehead atoms. The van der Waals surface area contributed by atoms with Crippen molar-refractivity contribution in [3.05, 3.63) is 78.4 Å². The van der Waals surface area contributed by atoms with Crippen molar-refractivity contribution in [3.8, 4) is 0 Å². The lowest BCUT2D eigenvalue weighted by Gasteiger charge is -2.19. The van der Waals surface area contributed by atoms with Crippen molar-refractivity contribution >= 4 is 22.1 Å². The second-order valence-corrected chi connectivity index (χ2v) is 6.28. The largest absolute Gasteiger partial charge is 0.593 e. The second-order valence-electron chi connectivity index (χ2n) is 5.06. The summed E-state index contributed by atoms with van der Waals surface area (Å²) >= 11 is -1.32. The van der Waals surface area contributed by atoms with Crippen LogP contribution in [0.25, 0.3) is 10.8 Å². The third-order valence-electron chi connectivity index (χ3n) is 3.64. The molecule has 0 fully saturated rings. The van der Waals surface area contributed by atoms with E-state index in [1.165, 1.54) is 0 Å². The van der Waals surface area contributed by atoms with Gasteiger partial charge in [0.2, 0.25) is 0 Å². The van der Waals surface area contributed by atoms with E-state index < -0.39 is 11.4 Å². The van der Waals surface area contributed by atoms with Gasteiger partial charge in [-0.05, 0) is 23.1 Å². The summed E-state index contributed by atoms with van der Waals surface area (Å²) in [6, 6.07) is 23.5. The van der Waals surface area contributed by atoms with Crippen LogP contribution in [-0.2, 0) is 11.4 Å². The monoisotopic (exact) mass is 310 g/mol. The van der Waals surface area contributed by atoms with Crippen LogP contribution >= 0.6 is 0 Å². The van der Waals surface area contributed by atoms with Gasteiger partial charge in [0.15, 0.2) is 4.90 Å². The number of benzene rings is 3. The topological polar surface area (TPSA) is 61.1 Å². The van der Waals surface area contributed by atoms with E-state index in [0.717, 1.165) is 21.2 Å². The van der Waals surface area contributed by atoms with Crippen LogP contribution in [0.15, 0.2) is 77.7 Å². The Morgan fingerprint density at radius 1 is 0.909 bits per heavy atom. The molecule has 22 heavy (non-hydrogen) atoms. The fourth-order valence-electron chi connectivity index (χ4n) is 2.49. The molecule has 0 aliphatic rings. The maximum absolute atomic E-state index is 12.7. The van der Waals surface area contributed by atoms with Crippen molar-refractivity contribution in [1.29, 1.82) is 0 Å². The summed E-state index contributed by atoms with van der Waals surface area (Å²) in [7, 11) is 0. The molecule has 3 aromatic rings. The molecule has 3 N–H and O–H groups in total.